The van der Waals surface area contributed by atoms with Gasteiger partial charge >= 0.3 is 6.36 Å². The number of benzene rings is 1. The maximum Gasteiger partial charge on any atom is 0.573 e. The molecule has 0 atom stereocenters. The third-order valence-corrected chi connectivity index (χ3v) is 1.89. The molecule has 0 bridgehead atoms. The Morgan fingerprint density at radius 1 is 1.38 bits per heavy atom. The lowest BCUT2D eigenvalue weighted by molar-refractivity contribution is -0.274. The van der Waals surface area contributed by atoms with Crippen LogP contribution in [0.4, 0.5) is 18.9 Å². The lowest BCUT2D eigenvalue weighted by Crippen LogP contribution is -2.19. The molecule has 0 aromatic heterocycles. The molecule has 0 fully saturated rings. The molecule has 8 heteroatoms. The molecule has 0 spiro atoms. The molecule has 0 saturated carbocycles. The van der Waals surface area contributed by atoms with Crippen molar-refractivity contribution in [1.29, 1.82) is 0 Å². The molecular weight excluding hydrogens is 249 g/mol. The summed E-state index contributed by atoms with van der Waals surface area (Å²) in [6.07, 6.45) is -4.91. The summed E-state index contributed by atoms with van der Waals surface area (Å²) < 4.78 is 39.4. The Bertz CT molecular complexity index is 434. The van der Waals surface area contributed by atoms with E-state index in [9.17, 15) is 18.0 Å². The van der Waals surface area contributed by atoms with Gasteiger partial charge in [0.2, 0.25) is 0 Å². The smallest absolute Gasteiger partial charge is 0.404 e. The second kappa shape index (κ2) is 4.09. The van der Waals surface area contributed by atoms with E-state index in [0.717, 1.165) is 12.1 Å². The summed E-state index contributed by atoms with van der Waals surface area (Å²) in [6.45, 7) is 0. The normalized spacial score (nSPS) is 11.2. The van der Waals surface area contributed by atoms with E-state index in [1.54, 1.807) is 0 Å². The number of nitrogens with two attached hydrogens (primary N) is 2. The van der Waals surface area contributed by atoms with Crippen LogP contribution >= 0.6 is 11.6 Å². The van der Waals surface area contributed by atoms with Gasteiger partial charge in [0.05, 0.1) is 10.6 Å². The fraction of sp³-hybridized carbons (Fsp3) is 0.125. The Labute approximate surface area is 92.9 Å². The van der Waals surface area contributed by atoms with Crippen molar-refractivity contribution in [2.24, 2.45) is 5.73 Å². The van der Waals surface area contributed by atoms with E-state index < -0.39 is 18.0 Å². The number of alkyl halides is 3. The van der Waals surface area contributed by atoms with Crippen molar-refractivity contribution in [3.05, 3.63) is 22.7 Å². The van der Waals surface area contributed by atoms with E-state index in [2.05, 4.69) is 4.74 Å². The lowest BCUT2D eigenvalue weighted by atomic mass is 10.1. The molecule has 4 N–H and O–H groups in total. The van der Waals surface area contributed by atoms with Crippen LogP contribution < -0.4 is 16.2 Å². The number of primary amides is 1. The molecule has 1 rings (SSSR count). The minimum Gasteiger partial charge on any atom is -0.404 e. The Balaban J connectivity index is 3.20. The molecule has 0 radical (unpaired) electrons. The van der Waals surface area contributed by atoms with Crippen molar-refractivity contribution < 1.29 is 22.7 Å². The quantitative estimate of drug-likeness (QED) is 0.792. The molecule has 16 heavy (non-hydrogen) atoms. The van der Waals surface area contributed by atoms with Crippen LogP contribution in [0, 0.1) is 0 Å². The third-order valence-electron chi connectivity index (χ3n) is 1.60. The minimum absolute atomic E-state index is 0.118. The second-order valence-electron chi connectivity index (χ2n) is 2.78. The molecule has 0 aliphatic heterocycles. The third kappa shape index (κ3) is 2.93. The number of rotatable bonds is 2. The Morgan fingerprint density at radius 2 is 1.94 bits per heavy atom. The SMILES string of the molecule is NC(=O)c1cc(OC(F)(F)F)c(Cl)cc1N. The topological polar surface area (TPSA) is 78.3 Å². The maximum atomic E-state index is 11.9. The number of amides is 1. The zero-order valence-corrected chi connectivity index (χ0v) is 8.39. The first-order valence-electron chi connectivity index (χ1n) is 3.85. The molecule has 1 aromatic carbocycles. The maximum absolute atomic E-state index is 11.9. The van der Waals surface area contributed by atoms with E-state index in [0.29, 0.717) is 0 Å². The van der Waals surface area contributed by atoms with Gasteiger partial charge in [-0.25, -0.2) is 0 Å². The summed E-state index contributed by atoms with van der Waals surface area (Å²) in [5.41, 5.74) is 9.82. The zero-order valence-electron chi connectivity index (χ0n) is 7.64. The first-order valence-corrected chi connectivity index (χ1v) is 4.23. The standard InChI is InChI=1S/C8H6ClF3N2O2/c9-4-2-5(13)3(7(14)15)1-6(4)16-8(10,11)12/h1-2H,13H2,(H2,14,15). The summed E-state index contributed by atoms with van der Waals surface area (Å²) in [7, 11) is 0. The van der Waals surface area contributed by atoms with Crippen molar-refractivity contribution in [3.8, 4) is 5.75 Å². The van der Waals surface area contributed by atoms with E-state index >= 15 is 0 Å². The van der Waals surface area contributed by atoms with E-state index in [-0.39, 0.29) is 16.3 Å². The fourth-order valence-corrected chi connectivity index (χ4v) is 1.20. The van der Waals surface area contributed by atoms with Gasteiger partial charge in [0.1, 0.15) is 5.75 Å². The summed E-state index contributed by atoms with van der Waals surface area (Å²) in [5.74, 6) is -1.70. The van der Waals surface area contributed by atoms with Gasteiger partial charge in [-0.3, -0.25) is 4.79 Å². The number of nitrogen functional groups attached to an aromatic ring is 1. The number of anilines is 1. The van der Waals surface area contributed by atoms with Crippen molar-refractivity contribution >= 4 is 23.2 Å². The van der Waals surface area contributed by atoms with E-state index in [4.69, 9.17) is 23.1 Å². The summed E-state index contributed by atoms with van der Waals surface area (Å²) in [5, 5.41) is -0.361. The molecule has 1 amide bonds. The van der Waals surface area contributed by atoms with E-state index in [1.807, 2.05) is 0 Å². The number of ether oxygens (including phenoxy) is 1. The van der Waals surface area contributed by atoms with Gasteiger partial charge in [0, 0.05) is 5.69 Å². The lowest BCUT2D eigenvalue weighted by Gasteiger charge is -2.12. The first kappa shape index (κ1) is 12.4. The average molecular weight is 255 g/mol. The molecule has 0 heterocycles. The largest absolute Gasteiger partial charge is 0.573 e. The van der Waals surface area contributed by atoms with Crippen LogP contribution in [0.2, 0.25) is 5.02 Å². The van der Waals surface area contributed by atoms with Gasteiger partial charge in [-0.2, -0.15) is 0 Å². The Morgan fingerprint density at radius 3 is 2.38 bits per heavy atom. The highest BCUT2D eigenvalue weighted by Crippen LogP contribution is 2.33. The van der Waals surface area contributed by atoms with Gasteiger partial charge < -0.3 is 16.2 Å². The van der Waals surface area contributed by atoms with Crippen LogP contribution in [-0.2, 0) is 0 Å². The highest BCUT2D eigenvalue weighted by molar-refractivity contribution is 6.32. The van der Waals surface area contributed by atoms with E-state index in [1.165, 1.54) is 0 Å². The minimum atomic E-state index is -4.91. The van der Waals surface area contributed by atoms with Crippen LogP contribution in [0.3, 0.4) is 0 Å². The molecule has 1 aromatic rings. The molecule has 0 unspecified atom stereocenters. The molecule has 0 aliphatic rings. The Kier molecular flexibility index (Phi) is 3.18. The monoisotopic (exact) mass is 254 g/mol. The van der Waals surface area contributed by atoms with Crippen LogP contribution in [-0.4, -0.2) is 12.3 Å². The number of carbonyl (C=O) groups excluding carboxylic acids is 1. The van der Waals surface area contributed by atoms with Gasteiger partial charge in [-0.1, -0.05) is 11.6 Å². The number of carbonyl (C=O) groups is 1. The molecule has 0 saturated heterocycles. The number of hydrogen-bond acceptors (Lipinski definition) is 3. The van der Waals surface area contributed by atoms with Gasteiger partial charge in [0.25, 0.3) is 5.91 Å². The van der Waals surface area contributed by atoms with Crippen LogP contribution in [0.5, 0.6) is 5.75 Å². The summed E-state index contributed by atoms with van der Waals surface area (Å²) in [4.78, 5) is 10.8. The highest BCUT2D eigenvalue weighted by atomic mass is 35.5. The first-order chi connectivity index (χ1) is 7.20. The van der Waals surface area contributed by atoms with Crippen molar-refractivity contribution in [2.75, 3.05) is 5.73 Å². The van der Waals surface area contributed by atoms with Crippen LogP contribution in [0.25, 0.3) is 0 Å². The van der Waals surface area contributed by atoms with Crippen molar-refractivity contribution in [2.45, 2.75) is 6.36 Å². The zero-order chi connectivity index (χ0) is 12.5. The predicted octanol–water partition coefficient (Wildman–Crippen LogP) is 1.92. The Hall–Kier alpha value is -1.63. The second-order valence-corrected chi connectivity index (χ2v) is 3.19. The number of halogens is 4. The van der Waals surface area contributed by atoms with Gasteiger partial charge in [-0.15, -0.1) is 13.2 Å². The molecule has 4 nitrogen and oxygen atoms in total. The van der Waals surface area contributed by atoms with Crippen LogP contribution in [0.1, 0.15) is 10.4 Å². The number of hydrogen-bond donors (Lipinski definition) is 2. The van der Waals surface area contributed by atoms with Gasteiger partial charge in [-0.05, 0) is 12.1 Å². The highest BCUT2D eigenvalue weighted by Gasteiger charge is 2.32. The molecule has 88 valence electrons. The van der Waals surface area contributed by atoms with Crippen LogP contribution in [0.15, 0.2) is 12.1 Å². The summed E-state index contributed by atoms with van der Waals surface area (Å²) in [6, 6.07) is 1.70. The van der Waals surface area contributed by atoms with Crippen molar-refractivity contribution in [3.63, 3.8) is 0 Å². The average Bonchev–Trinajstić information content (AvgIpc) is 2.07. The predicted molar refractivity (Wildman–Crippen MR) is 51.1 cm³/mol. The van der Waals surface area contributed by atoms with Crippen molar-refractivity contribution in [1.82, 2.24) is 0 Å². The molecular formula is C8H6ClF3N2O2. The van der Waals surface area contributed by atoms with Gasteiger partial charge in [0.15, 0.2) is 0 Å². The molecule has 0 aliphatic carbocycles. The summed E-state index contributed by atoms with van der Waals surface area (Å²) >= 11 is 5.46. The fourth-order valence-electron chi connectivity index (χ4n) is 0.985.